The van der Waals surface area contributed by atoms with E-state index in [1.54, 1.807) is 7.11 Å². The van der Waals surface area contributed by atoms with Crippen LogP contribution in [-0.2, 0) is 11.3 Å². The highest BCUT2D eigenvalue weighted by Crippen LogP contribution is 2.37. The van der Waals surface area contributed by atoms with E-state index >= 15 is 0 Å². The quantitative estimate of drug-likeness (QED) is 0.808. The Morgan fingerprint density at radius 2 is 2.14 bits per heavy atom. The second-order valence-electron chi connectivity index (χ2n) is 5.55. The molecule has 3 rings (SSSR count). The number of tetrazole rings is 1. The van der Waals surface area contributed by atoms with Gasteiger partial charge in [-0.3, -0.25) is 4.79 Å². The molecule has 1 aromatic carbocycles. The van der Waals surface area contributed by atoms with Gasteiger partial charge in [0.15, 0.2) is 0 Å². The smallest absolute Gasteiger partial charge is 0.249 e. The van der Waals surface area contributed by atoms with Crippen molar-refractivity contribution in [3.8, 4) is 5.75 Å². The van der Waals surface area contributed by atoms with E-state index in [1.807, 2.05) is 29.2 Å². The summed E-state index contributed by atoms with van der Waals surface area (Å²) in [6.07, 6.45) is 3.80. The fourth-order valence-electron chi connectivity index (χ4n) is 2.61. The lowest BCUT2D eigenvalue weighted by molar-refractivity contribution is -0.119. The van der Waals surface area contributed by atoms with Gasteiger partial charge in [-0.05, 0) is 60.4 Å². The molecule has 1 amide bonds. The summed E-state index contributed by atoms with van der Waals surface area (Å²) >= 11 is 0. The van der Waals surface area contributed by atoms with Crippen LogP contribution in [0.5, 0.6) is 5.75 Å². The summed E-state index contributed by atoms with van der Waals surface area (Å²) in [6.45, 7) is 2.23. The Hall–Kier alpha value is -2.44. The first kappa shape index (κ1) is 14.5. The molecule has 0 aliphatic heterocycles. The predicted molar refractivity (Wildman–Crippen MR) is 80.5 cm³/mol. The zero-order valence-electron chi connectivity index (χ0n) is 12.7. The lowest BCUT2D eigenvalue weighted by Gasteiger charge is -2.29. The number of carbonyl (C=O) groups excluding carboxylic acids is 1. The summed E-state index contributed by atoms with van der Waals surface area (Å²) in [5.74, 6) is 1.33. The minimum absolute atomic E-state index is 0.0168. The van der Waals surface area contributed by atoms with Crippen molar-refractivity contribution < 1.29 is 9.53 Å². The number of anilines is 1. The van der Waals surface area contributed by atoms with E-state index in [9.17, 15) is 4.79 Å². The van der Waals surface area contributed by atoms with Crippen LogP contribution in [0.1, 0.15) is 19.8 Å². The Balaban J connectivity index is 1.83. The minimum atomic E-state index is -0.0168. The molecule has 1 aliphatic carbocycles. The molecule has 2 aromatic rings. The summed E-state index contributed by atoms with van der Waals surface area (Å²) < 4.78 is 6.62. The molecule has 0 bridgehead atoms. The number of nitrogens with zero attached hydrogens (tertiary/aromatic N) is 5. The van der Waals surface area contributed by atoms with E-state index in [0.717, 1.165) is 11.4 Å². The molecule has 0 unspecified atom stereocenters. The van der Waals surface area contributed by atoms with Crippen LogP contribution in [0.3, 0.4) is 0 Å². The number of rotatable bonds is 6. The number of amides is 1. The maximum Gasteiger partial charge on any atom is 0.249 e. The number of hydrogen-bond acceptors (Lipinski definition) is 5. The molecule has 0 N–H and O–H groups in total. The summed E-state index contributed by atoms with van der Waals surface area (Å²) in [5.41, 5.74) is 0.873. The van der Waals surface area contributed by atoms with E-state index in [4.69, 9.17) is 4.74 Å². The zero-order chi connectivity index (χ0) is 15.5. The number of aromatic nitrogens is 4. The van der Waals surface area contributed by atoms with Crippen molar-refractivity contribution in [2.24, 2.45) is 5.92 Å². The highest BCUT2D eigenvalue weighted by Gasteiger charge is 2.35. The van der Waals surface area contributed by atoms with Crippen molar-refractivity contribution in [2.75, 3.05) is 12.0 Å². The molecular weight excluding hydrogens is 282 g/mol. The second kappa shape index (κ2) is 6.13. The van der Waals surface area contributed by atoms with Crippen molar-refractivity contribution in [1.82, 2.24) is 20.2 Å². The molecule has 0 spiro atoms. The van der Waals surface area contributed by atoms with Crippen molar-refractivity contribution in [2.45, 2.75) is 32.4 Å². The van der Waals surface area contributed by atoms with Gasteiger partial charge in [0.1, 0.15) is 18.6 Å². The molecule has 1 saturated carbocycles. The molecule has 116 valence electrons. The summed E-state index contributed by atoms with van der Waals surface area (Å²) in [6, 6.07) is 7.72. The normalized spacial score (nSPS) is 15.4. The number of methoxy groups -OCH3 is 1. The van der Waals surface area contributed by atoms with E-state index in [0.29, 0.717) is 5.92 Å². The van der Waals surface area contributed by atoms with E-state index in [1.165, 1.54) is 23.9 Å². The number of benzene rings is 1. The zero-order valence-corrected chi connectivity index (χ0v) is 12.7. The molecule has 1 aromatic heterocycles. The van der Waals surface area contributed by atoms with Crippen molar-refractivity contribution in [3.05, 3.63) is 30.6 Å². The van der Waals surface area contributed by atoms with Crippen LogP contribution < -0.4 is 9.64 Å². The molecule has 7 nitrogen and oxygen atoms in total. The molecule has 1 heterocycles. The van der Waals surface area contributed by atoms with Crippen molar-refractivity contribution >= 4 is 11.6 Å². The van der Waals surface area contributed by atoms with E-state index in [2.05, 4.69) is 22.4 Å². The Kier molecular flexibility index (Phi) is 4.04. The minimum Gasteiger partial charge on any atom is -0.497 e. The van der Waals surface area contributed by atoms with Gasteiger partial charge in [-0.25, -0.2) is 4.68 Å². The number of carbonyl (C=O) groups is 1. The highest BCUT2D eigenvalue weighted by atomic mass is 16.5. The Bertz CT molecular complexity index is 622. The topological polar surface area (TPSA) is 73.1 Å². The first-order chi connectivity index (χ1) is 10.7. The lowest BCUT2D eigenvalue weighted by Crippen LogP contribution is -2.42. The van der Waals surface area contributed by atoms with Crippen LogP contribution in [0.4, 0.5) is 5.69 Å². The van der Waals surface area contributed by atoms with E-state index < -0.39 is 0 Å². The van der Waals surface area contributed by atoms with Crippen LogP contribution in [0, 0.1) is 5.92 Å². The van der Waals surface area contributed by atoms with Crippen LogP contribution in [0.2, 0.25) is 0 Å². The summed E-state index contributed by atoms with van der Waals surface area (Å²) in [5, 5.41) is 10.9. The SMILES string of the molecule is COc1ccc(N(C(=O)Cn2cnnn2)[C@H](C)C2CC2)cc1. The Morgan fingerprint density at radius 1 is 1.41 bits per heavy atom. The monoisotopic (exact) mass is 301 g/mol. The maximum absolute atomic E-state index is 12.7. The highest BCUT2D eigenvalue weighted by molar-refractivity contribution is 5.93. The maximum atomic E-state index is 12.7. The van der Waals surface area contributed by atoms with Gasteiger partial charge in [0, 0.05) is 11.7 Å². The van der Waals surface area contributed by atoms with Gasteiger partial charge in [0.2, 0.25) is 5.91 Å². The van der Waals surface area contributed by atoms with Crippen LogP contribution >= 0.6 is 0 Å². The van der Waals surface area contributed by atoms with Gasteiger partial charge in [0.05, 0.1) is 7.11 Å². The molecule has 7 heteroatoms. The first-order valence-electron chi connectivity index (χ1n) is 7.36. The average Bonchev–Trinajstić information content (AvgIpc) is 3.27. The third kappa shape index (κ3) is 3.08. The van der Waals surface area contributed by atoms with Crippen molar-refractivity contribution in [3.63, 3.8) is 0 Å². The molecule has 0 radical (unpaired) electrons. The van der Waals surface area contributed by atoms with E-state index in [-0.39, 0.29) is 18.5 Å². The average molecular weight is 301 g/mol. The Morgan fingerprint density at radius 3 is 2.68 bits per heavy atom. The summed E-state index contributed by atoms with van der Waals surface area (Å²) in [7, 11) is 1.63. The molecule has 1 aliphatic rings. The Labute approximate surface area is 128 Å². The summed E-state index contributed by atoms with van der Waals surface area (Å²) in [4.78, 5) is 14.6. The van der Waals surface area contributed by atoms with Crippen LogP contribution in [0.25, 0.3) is 0 Å². The van der Waals surface area contributed by atoms with Gasteiger partial charge in [-0.2, -0.15) is 0 Å². The van der Waals surface area contributed by atoms with Gasteiger partial charge in [-0.15, -0.1) is 5.10 Å². The lowest BCUT2D eigenvalue weighted by atomic mass is 10.1. The fraction of sp³-hybridized carbons (Fsp3) is 0.467. The largest absolute Gasteiger partial charge is 0.497 e. The third-order valence-corrected chi connectivity index (χ3v) is 4.02. The molecular formula is C15H19N5O2. The van der Waals surface area contributed by atoms with Crippen LogP contribution in [0.15, 0.2) is 30.6 Å². The molecule has 1 fully saturated rings. The standard InChI is InChI=1S/C15H19N5O2/c1-11(12-3-4-12)20(13-5-7-14(22-2)8-6-13)15(21)9-19-10-16-17-18-19/h5-8,10-12H,3-4,9H2,1-2H3/t11-/m1/s1. The first-order valence-corrected chi connectivity index (χ1v) is 7.36. The number of hydrogen-bond donors (Lipinski definition) is 0. The molecule has 1 atom stereocenters. The van der Waals surface area contributed by atoms with Crippen LogP contribution in [-0.4, -0.2) is 39.3 Å². The van der Waals surface area contributed by atoms with Gasteiger partial charge in [-0.1, -0.05) is 0 Å². The predicted octanol–water partition coefficient (Wildman–Crippen LogP) is 1.51. The molecule has 22 heavy (non-hydrogen) atoms. The van der Waals surface area contributed by atoms with Gasteiger partial charge < -0.3 is 9.64 Å². The van der Waals surface area contributed by atoms with Gasteiger partial charge >= 0.3 is 0 Å². The van der Waals surface area contributed by atoms with Crippen molar-refractivity contribution in [1.29, 1.82) is 0 Å². The molecule has 0 saturated heterocycles. The fourth-order valence-corrected chi connectivity index (χ4v) is 2.61. The van der Waals surface area contributed by atoms with Gasteiger partial charge in [0.25, 0.3) is 0 Å². The second-order valence-corrected chi connectivity index (χ2v) is 5.55. The third-order valence-electron chi connectivity index (χ3n) is 4.02. The number of ether oxygens (including phenoxy) is 1.